The summed E-state index contributed by atoms with van der Waals surface area (Å²) in [6.07, 6.45) is 1.31. The number of fused-ring (bicyclic) bond motifs is 1. The van der Waals surface area contributed by atoms with Crippen molar-refractivity contribution in [2.75, 3.05) is 17.8 Å². The van der Waals surface area contributed by atoms with E-state index in [0.717, 1.165) is 11.3 Å². The molecule has 0 unspecified atom stereocenters. The van der Waals surface area contributed by atoms with E-state index in [1.54, 1.807) is 0 Å². The normalized spacial score (nSPS) is 12.4. The first kappa shape index (κ1) is 11.4. The van der Waals surface area contributed by atoms with Crippen molar-refractivity contribution in [2.24, 2.45) is 0 Å². The summed E-state index contributed by atoms with van der Waals surface area (Å²) in [6, 6.07) is 5.62. The lowest BCUT2D eigenvalue weighted by Crippen LogP contribution is -2.16. The van der Waals surface area contributed by atoms with Crippen LogP contribution in [0.3, 0.4) is 0 Å². The van der Waals surface area contributed by atoms with Crippen molar-refractivity contribution in [1.82, 2.24) is 9.97 Å². The molecule has 0 amide bonds. The minimum Gasteiger partial charge on any atom is -0.454 e. The van der Waals surface area contributed by atoms with Crippen LogP contribution in [0.25, 0.3) is 0 Å². The van der Waals surface area contributed by atoms with Crippen molar-refractivity contribution in [3.05, 3.63) is 40.4 Å². The number of hydrogen-bond donors (Lipinski definition) is 3. The highest BCUT2D eigenvalue weighted by molar-refractivity contribution is 5.59. The molecule has 1 aliphatic rings. The molecule has 0 bridgehead atoms. The van der Waals surface area contributed by atoms with Crippen LogP contribution in [0.1, 0.15) is 5.56 Å². The maximum Gasteiger partial charge on any atom is 0.276 e. The van der Waals surface area contributed by atoms with E-state index in [2.05, 4.69) is 15.3 Å². The third kappa shape index (κ3) is 2.17. The molecule has 7 nitrogen and oxygen atoms in total. The molecule has 7 heteroatoms. The van der Waals surface area contributed by atoms with Gasteiger partial charge in [-0.3, -0.25) is 4.79 Å². The summed E-state index contributed by atoms with van der Waals surface area (Å²) in [5, 5.41) is 3.01. The predicted octanol–water partition coefficient (Wildman–Crippen LogP) is 0.693. The Labute approximate surface area is 108 Å². The van der Waals surface area contributed by atoms with Crippen molar-refractivity contribution in [3.63, 3.8) is 0 Å². The minimum atomic E-state index is -0.358. The zero-order valence-corrected chi connectivity index (χ0v) is 9.97. The maximum absolute atomic E-state index is 11.3. The fraction of sp³-hybridized carbons (Fsp3) is 0.167. The average Bonchev–Trinajstić information content (AvgIpc) is 2.88. The molecule has 0 fully saturated rings. The maximum atomic E-state index is 11.3. The topological polar surface area (TPSA) is 102 Å². The number of nitrogens with zero attached hydrogens (tertiary/aromatic N) is 1. The van der Waals surface area contributed by atoms with Crippen molar-refractivity contribution < 1.29 is 9.47 Å². The molecule has 1 aliphatic heterocycles. The highest BCUT2D eigenvalue weighted by Gasteiger charge is 2.13. The largest absolute Gasteiger partial charge is 0.454 e. The number of nitrogen functional groups attached to an aromatic ring is 1. The molecular weight excluding hydrogens is 248 g/mol. The summed E-state index contributed by atoms with van der Waals surface area (Å²) in [5.74, 6) is 1.81. The van der Waals surface area contributed by atoms with Crippen LogP contribution in [0.4, 0.5) is 11.5 Å². The van der Waals surface area contributed by atoms with Crippen LogP contribution in [0.2, 0.25) is 0 Å². The summed E-state index contributed by atoms with van der Waals surface area (Å²) in [6.45, 7) is 0.728. The first-order chi connectivity index (χ1) is 9.24. The number of hydrogen-bond acceptors (Lipinski definition) is 6. The van der Waals surface area contributed by atoms with Crippen LogP contribution in [0, 0.1) is 0 Å². The lowest BCUT2D eigenvalue weighted by atomic mass is 10.2. The zero-order valence-electron chi connectivity index (χ0n) is 9.97. The summed E-state index contributed by atoms with van der Waals surface area (Å²) in [4.78, 5) is 17.7. The quantitative estimate of drug-likeness (QED) is 0.750. The van der Waals surface area contributed by atoms with E-state index >= 15 is 0 Å². The monoisotopic (exact) mass is 260 g/mol. The highest BCUT2D eigenvalue weighted by Crippen LogP contribution is 2.32. The highest BCUT2D eigenvalue weighted by atomic mass is 16.7. The molecule has 98 valence electrons. The van der Waals surface area contributed by atoms with E-state index in [4.69, 9.17) is 15.2 Å². The van der Waals surface area contributed by atoms with Gasteiger partial charge in [-0.15, -0.1) is 0 Å². The number of rotatable bonds is 3. The Morgan fingerprint density at radius 1 is 1.37 bits per heavy atom. The third-order valence-electron chi connectivity index (χ3n) is 2.79. The van der Waals surface area contributed by atoms with E-state index in [9.17, 15) is 4.79 Å². The van der Waals surface area contributed by atoms with Gasteiger partial charge in [-0.1, -0.05) is 6.07 Å². The van der Waals surface area contributed by atoms with Gasteiger partial charge in [0.2, 0.25) is 6.79 Å². The van der Waals surface area contributed by atoms with E-state index < -0.39 is 0 Å². The summed E-state index contributed by atoms with van der Waals surface area (Å²) in [7, 11) is 0. The standard InChI is InChI=1S/C12H12N4O3/c13-10-11(15-5-16-12(10)17)14-4-7-1-2-8-9(3-7)19-6-18-8/h1-3,5H,4,6,13H2,(H2,14,15,16,17). The van der Waals surface area contributed by atoms with E-state index in [1.807, 2.05) is 18.2 Å². The Kier molecular flexibility index (Phi) is 2.71. The Hall–Kier alpha value is -2.70. The van der Waals surface area contributed by atoms with Gasteiger partial charge in [-0.2, -0.15) is 0 Å². The van der Waals surface area contributed by atoms with Crippen molar-refractivity contribution >= 4 is 11.5 Å². The number of benzene rings is 1. The first-order valence-corrected chi connectivity index (χ1v) is 5.69. The fourth-order valence-corrected chi connectivity index (χ4v) is 1.79. The second kappa shape index (κ2) is 4.52. The molecule has 3 rings (SSSR count). The summed E-state index contributed by atoms with van der Waals surface area (Å²) in [5.41, 5.74) is 6.32. The summed E-state index contributed by atoms with van der Waals surface area (Å²) < 4.78 is 10.5. The molecular formula is C12H12N4O3. The fourth-order valence-electron chi connectivity index (χ4n) is 1.79. The van der Waals surface area contributed by atoms with Gasteiger partial charge in [0.25, 0.3) is 5.56 Å². The van der Waals surface area contributed by atoms with Crippen LogP contribution in [0.5, 0.6) is 11.5 Å². The van der Waals surface area contributed by atoms with Gasteiger partial charge in [-0.05, 0) is 17.7 Å². The van der Waals surface area contributed by atoms with Crippen LogP contribution in [0.15, 0.2) is 29.3 Å². The van der Waals surface area contributed by atoms with E-state index in [1.165, 1.54) is 6.33 Å². The molecule has 1 aromatic carbocycles. The molecule has 19 heavy (non-hydrogen) atoms. The minimum absolute atomic E-state index is 0.0724. The van der Waals surface area contributed by atoms with E-state index in [0.29, 0.717) is 18.1 Å². The Balaban J connectivity index is 1.76. The smallest absolute Gasteiger partial charge is 0.276 e. The molecule has 2 heterocycles. The molecule has 0 saturated heterocycles. The lowest BCUT2D eigenvalue weighted by molar-refractivity contribution is 0.174. The van der Waals surface area contributed by atoms with Gasteiger partial charge < -0.3 is 25.5 Å². The van der Waals surface area contributed by atoms with Crippen molar-refractivity contribution in [1.29, 1.82) is 0 Å². The molecule has 0 saturated carbocycles. The lowest BCUT2D eigenvalue weighted by Gasteiger charge is -2.07. The number of nitrogens with one attached hydrogen (secondary N) is 2. The number of ether oxygens (including phenoxy) is 2. The Morgan fingerprint density at radius 3 is 3.11 bits per heavy atom. The predicted molar refractivity (Wildman–Crippen MR) is 69.2 cm³/mol. The Bertz CT molecular complexity index is 668. The molecule has 2 aromatic rings. The second-order valence-electron chi connectivity index (χ2n) is 4.04. The molecule has 0 radical (unpaired) electrons. The zero-order chi connectivity index (χ0) is 13.2. The Morgan fingerprint density at radius 2 is 2.21 bits per heavy atom. The van der Waals surface area contributed by atoms with E-state index in [-0.39, 0.29) is 18.0 Å². The third-order valence-corrected chi connectivity index (χ3v) is 2.79. The molecule has 0 spiro atoms. The second-order valence-corrected chi connectivity index (χ2v) is 4.04. The van der Waals surface area contributed by atoms with Crippen molar-refractivity contribution in [2.45, 2.75) is 6.54 Å². The van der Waals surface area contributed by atoms with Crippen LogP contribution in [-0.4, -0.2) is 16.8 Å². The molecule has 4 N–H and O–H groups in total. The van der Waals surface area contributed by atoms with Gasteiger partial charge in [0.15, 0.2) is 17.3 Å². The molecule has 0 atom stereocenters. The molecule has 0 aliphatic carbocycles. The SMILES string of the molecule is Nc1c(NCc2ccc3c(c2)OCO3)nc[nH]c1=O. The number of anilines is 2. The summed E-state index contributed by atoms with van der Waals surface area (Å²) >= 11 is 0. The van der Waals surface area contributed by atoms with Gasteiger partial charge in [0.1, 0.15) is 5.69 Å². The van der Waals surface area contributed by atoms with Gasteiger partial charge in [0, 0.05) is 6.54 Å². The first-order valence-electron chi connectivity index (χ1n) is 5.69. The van der Waals surface area contributed by atoms with Gasteiger partial charge in [0.05, 0.1) is 6.33 Å². The van der Waals surface area contributed by atoms with Gasteiger partial charge >= 0.3 is 0 Å². The van der Waals surface area contributed by atoms with Crippen LogP contribution in [-0.2, 0) is 6.54 Å². The van der Waals surface area contributed by atoms with Crippen molar-refractivity contribution in [3.8, 4) is 11.5 Å². The van der Waals surface area contributed by atoms with Crippen LogP contribution < -0.4 is 26.1 Å². The van der Waals surface area contributed by atoms with Crippen LogP contribution >= 0.6 is 0 Å². The number of aromatic amines is 1. The average molecular weight is 260 g/mol. The number of nitrogens with two attached hydrogens (primary N) is 1. The number of aromatic nitrogens is 2. The van der Waals surface area contributed by atoms with Gasteiger partial charge in [-0.25, -0.2) is 4.98 Å². The molecule has 1 aromatic heterocycles. The number of H-pyrrole nitrogens is 1.